The van der Waals surface area contributed by atoms with E-state index in [0.717, 1.165) is 30.3 Å². The fourth-order valence-electron chi connectivity index (χ4n) is 4.12. The van der Waals surface area contributed by atoms with Crippen LogP contribution in [0.15, 0.2) is 115 Å². The molecule has 5 N–H and O–H groups in total. The van der Waals surface area contributed by atoms with Crippen LogP contribution in [0, 0.1) is 0 Å². The van der Waals surface area contributed by atoms with Gasteiger partial charge in [-0.15, -0.1) is 0 Å². The zero-order chi connectivity index (χ0) is 37.9. The van der Waals surface area contributed by atoms with Crippen molar-refractivity contribution in [2.24, 2.45) is 0 Å². The summed E-state index contributed by atoms with van der Waals surface area (Å²) < 4.78 is 75.5. The van der Waals surface area contributed by atoms with E-state index in [4.69, 9.17) is 10.8 Å². The van der Waals surface area contributed by atoms with Crippen molar-refractivity contribution in [1.82, 2.24) is 0 Å². The van der Waals surface area contributed by atoms with Crippen molar-refractivity contribution in [2.75, 3.05) is 16.4 Å². The van der Waals surface area contributed by atoms with Gasteiger partial charge >= 0.3 is 29.7 Å². The SMILES string of the molecule is Nc1ccc(C(=O)[O-])c(O)c1.O=C([O-])c1ccccc1Nc1cccc(C(F)(F)F)c1.O=C([O-])c1ccccc1Nc1cccc(C(F)(F)F)c1.[Al+3]. The molecule has 0 bridgehead atoms. The van der Waals surface area contributed by atoms with E-state index >= 15 is 0 Å². The largest absolute Gasteiger partial charge is 3.00 e. The second-order valence-electron chi connectivity index (χ2n) is 10.1. The topological polar surface area (TPSA) is 191 Å². The molecule has 0 fully saturated rings. The van der Waals surface area contributed by atoms with Crippen LogP contribution in [0.25, 0.3) is 0 Å². The van der Waals surface area contributed by atoms with Crippen LogP contribution in [-0.4, -0.2) is 40.4 Å². The van der Waals surface area contributed by atoms with Crippen LogP contribution in [0.2, 0.25) is 0 Å². The van der Waals surface area contributed by atoms with E-state index in [2.05, 4.69) is 10.6 Å². The van der Waals surface area contributed by atoms with Crippen molar-refractivity contribution in [1.29, 1.82) is 0 Å². The molecule has 5 aromatic rings. The number of aromatic hydroxyl groups is 1. The minimum absolute atomic E-state index is 0. The molecular weight excluding hydrogens is 715 g/mol. The Morgan fingerprint density at radius 2 is 0.923 bits per heavy atom. The molecule has 0 heterocycles. The summed E-state index contributed by atoms with van der Waals surface area (Å²) in [5.41, 5.74) is 4.09. The number of nitrogen functional groups attached to an aromatic ring is 1. The number of benzene rings is 5. The third kappa shape index (κ3) is 12.3. The van der Waals surface area contributed by atoms with E-state index in [1.807, 2.05) is 0 Å². The van der Waals surface area contributed by atoms with Crippen LogP contribution in [0.3, 0.4) is 0 Å². The van der Waals surface area contributed by atoms with Gasteiger partial charge in [0, 0.05) is 51.2 Å². The summed E-state index contributed by atoms with van der Waals surface area (Å²) >= 11 is 0. The van der Waals surface area contributed by atoms with E-state index in [9.17, 15) is 56.0 Å². The van der Waals surface area contributed by atoms with Gasteiger partial charge < -0.3 is 51.2 Å². The molecule has 0 aliphatic carbocycles. The molecule has 0 amide bonds. The van der Waals surface area contributed by atoms with Gasteiger partial charge in [-0.05, 0) is 60.7 Å². The summed E-state index contributed by atoms with van der Waals surface area (Å²) in [6.07, 6.45) is -8.91. The number of carbonyl (C=O) groups excluding carboxylic acids is 3. The number of para-hydroxylation sites is 2. The van der Waals surface area contributed by atoms with Crippen molar-refractivity contribution in [2.45, 2.75) is 12.4 Å². The zero-order valence-electron chi connectivity index (χ0n) is 26.3. The number of phenols is 1. The van der Waals surface area contributed by atoms with Crippen LogP contribution in [0.4, 0.5) is 54.8 Å². The standard InChI is InChI=1S/2C14H10F3NO2.C7H7NO3.Al/c2*15-14(16,17)9-4-3-5-10(8-9)18-12-7-2-1-6-11(12)13(19)20;8-4-1-2-5(7(10)11)6(9)3-4;/h2*1-8,18H,(H,19,20);1-3,9H,8H2,(H,10,11);/q;;;+3/p-3. The molecule has 5 aromatic carbocycles. The Labute approximate surface area is 301 Å². The average molecular weight is 740 g/mol. The van der Waals surface area contributed by atoms with Crippen LogP contribution < -0.4 is 31.7 Å². The number of hydrogen-bond donors (Lipinski definition) is 4. The summed E-state index contributed by atoms with van der Waals surface area (Å²) in [5.74, 6) is -4.59. The molecule has 0 aliphatic rings. The molecule has 0 aliphatic heterocycles. The fraction of sp³-hybridized carbons (Fsp3) is 0.0571. The van der Waals surface area contributed by atoms with E-state index in [0.29, 0.717) is 5.69 Å². The molecule has 266 valence electrons. The third-order valence-corrected chi connectivity index (χ3v) is 6.47. The molecule has 0 aromatic heterocycles. The summed E-state index contributed by atoms with van der Waals surface area (Å²) in [6, 6.07) is 24.4. The number of hydrogen-bond acceptors (Lipinski definition) is 10. The van der Waals surface area contributed by atoms with Crippen molar-refractivity contribution in [3.05, 3.63) is 143 Å². The predicted octanol–water partition coefficient (Wildman–Crippen LogP) is 4.58. The van der Waals surface area contributed by atoms with Gasteiger partial charge in [0.2, 0.25) is 0 Å². The van der Waals surface area contributed by atoms with Gasteiger partial charge in [-0.3, -0.25) is 0 Å². The van der Waals surface area contributed by atoms with Gasteiger partial charge in [-0.2, -0.15) is 26.3 Å². The Morgan fingerprint density at radius 1 is 0.538 bits per heavy atom. The quantitative estimate of drug-likeness (QED) is 0.104. The Kier molecular flexibility index (Phi) is 14.7. The van der Waals surface area contributed by atoms with Crippen molar-refractivity contribution >= 4 is 63.7 Å². The number of nitrogens with one attached hydrogen (secondary N) is 2. The molecule has 10 nitrogen and oxygen atoms in total. The minimum Gasteiger partial charge on any atom is -0.545 e. The smallest absolute Gasteiger partial charge is 0.545 e. The van der Waals surface area contributed by atoms with E-state index in [1.165, 1.54) is 72.8 Å². The number of aromatic carboxylic acids is 3. The van der Waals surface area contributed by atoms with Crippen LogP contribution in [-0.2, 0) is 12.4 Å². The van der Waals surface area contributed by atoms with Gasteiger partial charge in [0.25, 0.3) is 0 Å². The maximum absolute atomic E-state index is 12.6. The van der Waals surface area contributed by atoms with Crippen molar-refractivity contribution in [3.8, 4) is 5.75 Å². The van der Waals surface area contributed by atoms with Gasteiger partial charge in [0.1, 0.15) is 5.75 Å². The first-order valence-corrected chi connectivity index (χ1v) is 14.2. The van der Waals surface area contributed by atoms with E-state index in [-0.39, 0.29) is 62.6 Å². The van der Waals surface area contributed by atoms with Gasteiger partial charge in [-0.25, -0.2) is 0 Å². The number of halogens is 6. The molecule has 5 rings (SSSR count). The van der Waals surface area contributed by atoms with Crippen molar-refractivity contribution < 1.29 is 61.2 Å². The first kappa shape index (κ1) is 42.0. The Morgan fingerprint density at radius 3 is 1.27 bits per heavy atom. The second-order valence-corrected chi connectivity index (χ2v) is 10.1. The van der Waals surface area contributed by atoms with Crippen LogP contribution >= 0.6 is 0 Å². The molecular formula is C35H24AlF6N3O7. The number of carboxylic acids is 3. The third-order valence-electron chi connectivity index (χ3n) is 6.47. The average Bonchev–Trinajstić information content (AvgIpc) is 3.05. The Bertz CT molecular complexity index is 1910. The van der Waals surface area contributed by atoms with Gasteiger partial charge in [0.05, 0.1) is 29.0 Å². The maximum atomic E-state index is 12.6. The summed E-state index contributed by atoms with van der Waals surface area (Å²) in [7, 11) is 0. The molecule has 0 saturated heterocycles. The molecule has 0 spiro atoms. The number of carboxylic acid groups (broad SMARTS) is 3. The molecule has 52 heavy (non-hydrogen) atoms. The first-order chi connectivity index (χ1) is 23.9. The maximum Gasteiger partial charge on any atom is 3.00 e. The number of carbonyl (C=O) groups is 3. The number of anilines is 5. The Hall–Kier alpha value is -6.18. The monoisotopic (exact) mass is 739 g/mol. The van der Waals surface area contributed by atoms with Gasteiger partial charge in [0.15, 0.2) is 0 Å². The summed E-state index contributed by atoms with van der Waals surface area (Å²) in [6.45, 7) is 0. The van der Waals surface area contributed by atoms with Crippen LogP contribution in [0.1, 0.15) is 42.2 Å². The summed E-state index contributed by atoms with van der Waals surface area (Å²) in [5, 5.41) is 46.3. The molecule has 0 unspecified atom stereocenters. The molecule has 0 saturated carbocycles. The van der Waals surface area contributed by atoms with Gasteiger partial charge in [-0.1, -0.05) is 48.5 Å². The molecule has 0 radical (unpaired) electrons. The van der Waals surface area contributed by atoms with E-state index in [1.54, 1.807) is 12.1 Å². The number of rotatable bonds is 7. The van der Waals surface area contributed by atoms with E-state index < -0.39 is 41.4 Å². The first-order valence-electron chi connectivity index (χ1n) is 14.2. The summed E-state index contributed by atoms with van der Waals surface area (Å²) in [4.78, 5) is 32.0. The second kappa shape index (κ2) is 18.2. The molecule has 17 heteroatoms. The molecule has 0 atom stereocenters. The van der Waals surface area contributed by atoms with Crippen LogP contribution in [0.5, 0.6) is 5.75 Å². The normalized spacial score (nSPS) is 10.6. The fourth-order valence-corrected chi connectivity index (χ4v) is 4.12. The number of alkyl halides is 6. The Balaban J connectivity index is 0.000000279. The zero-order valence-corrected chi connectivity index (χ0v) is 27.4. The number of nitrogens with two attached hydrogens (primary N) is 1. The minimum atomic E-state index is -4.45. The van der Waals surface area contributed by atoms with Crippen molar-refractivity contribution in [3.63, 3.8) is 0 Å². The predicted molar refractivity (Wildman–Crippen MR) is 174 cm³/mol.